The molecule has 4 aromatic rings. The van der Waals surface area contributed by atoms with Gasteiger partial charge in [-0.15, -0.1) is 0 Å². The van der Waals surface area contributed by atoms with Gasteiger partial charge in [-0.2, -0.15) is 0 Å². The number of rotatable bonds is 5. The van der Waals surface area contributed by atoms with Gasteiger partial charge >= 0.3 is 5.63 Å². The van der Waals surface area contributed by atoms with Gasteiger partial charge in [0.15, 0.2) is 0 Å². The van der Waals surface area contributed by atoms with Crippen molar-refractivity contribution in [2.75, 3.05) is 13.3 Å². The maximum absolute atomic E-state index is 12.0. The third-order valence-corrected chi connectivity index (χ3v) is 6.52. The number of ether oxygens (including phenoxy) is 1. The van der Waals surface area contributed by atoms with Gasteiger partial charge in [0.05, 0.1) is 12.5 Å². The highest BCUT2D eigenvalue weighted by Crippen LogP contribution is 2.33. The van der Waals surface area contributed by atoms with Crippen LogP contribution >= 0.6 is 0 Å². The quantitative estimate of drug-likeness (QED) is 0.486. The molecule has 1 aromatic heterocycles. The summed E-state index contributed by atoms with van der Waals surface area (Å²) in [6, 6.07) is 25.2. The minimum atomic E-state index is -0.297. The van der Waals surface area contributed by atoms with Crippen LogP contribution < -0.4 is 15.3 Å². The number of nitrogens with one attached hydrogen (secondary N) is 1. The van der Waals surface area contributed by atoms with E-state index in [1.165, 1.54) is 21.6 Å². The number of fused-ring (bicyclic) bond motifs is 2. The van der Waals surface area contributed by atoms with Gasteiger partial charge in [-0.05, 0) is 36.1 Å². The molecule has 4 nitrogen and oxygen atoms in total. The van der Waals surface area contributed by atoms with Crippen LogP contribution in [0, 0.1) is 6.92 Å². The Bertz CT molecular complexity index is 1260. The monoisotopic (exact) mass is 426 g/mol. The maximum Gasteiger partial charge on any atom is 0.336 e. The lowest BCUT2D eigenvalue weighted by Gasteiger charge is -2.30. The number of hydrogen-bond acceptors (Lipinski definition) is 3. The van der Waals surface area contributed by atoms with Gasteiger partial charge in [-0.3, -0.25) is 4.90 Å². The van der Waals surface area contributed by atoms with Crippen LogP contribution in [0.2, 0.25) is 0 Å². The molecule has 0 saturated heterocycles. The van der Waals surface area contributed by atoms with Crippen LogP contribution in [0.1, 0.15) is 40.7 Å². The molecule has 0 bridgehead atoms. The molecule has 2 heterocycles. The Morgan fingerprint density at radius 2 is 1.62 bits per heavy atom. The predicted molar refractivity (Wildman–Crippen MR) is 126 cm³/mol. The van der Waals surface area contributed by atoms with Gasteiger partial charge < -0.3 is 9.15 Å². The molecule has 1 unspecified atom stereocenters. The molecule has 0 fully saturated rings. The fraction of sp³-hybridized carbons (Fsp3) is 0.250. The number of aryl methyl sites for hydroxylation is 2. The molecular weight excluding hydrogens is 398 g/mol. The normalized spacial score (nSPS) is 15.5. The molecule has 4 heteroatoms. The number of quaternary nitrogens is 1. The summed E-state index contributed by atoms with van der Waals surface area (Å²) in [5.41, 5.74) is 6.13. The van der Waals surface area contributed by atoms with E-state index in [1.54, 1.807) is 6.07 Å². The van der Waals surface area contributed by atoms with Crippen LogP contribution in [0.25, 0.3) is 11.0 Å². The zero-order chi connectivity index (χ0) is 22.1. The topological polar surface area (TPSA) is 43.9 Å². The predicted octanol–water partition coefficient (Wildman–Crippen LogP) is 4.23. The first-order valence-electron chi connectivity index (χ1n) is 11.3. The van der Waals surface area contributed by atoms with Crippen molar-refractivity contribution in [1.29, 1.82) is 0 Å². The van der Waals surface area contributed by atoms with E-state index in [0.29, 0.717) is 18.2 Å². The van der Waals surface area contributed by atoms with E-state index < -0.39 is 0 Å². The second kappa shape index (κ2) is 8.64. The first kappa shape index (κ1) is 20.5. The summed E-state index contributed by atoms with van der Waals surface area (Å²) < 4.78 is 11.8. The van der Waals surface area contributed by atoms with E-state index in [1.807, 2.05) is 6.92 Å². The summed E-state index contributed by atoms with van der Waals surface area (Å²) in [6.07, 6.45) is 0.793. The molecule has 1 aliphatic rings. The van der Waals surface area contributed by atoms with Crippen LogP contribution in [-0.2, 0) is 13.0 Å². The lowest BCUT2D eigenvalue weighted by molar-refractivity contribution is -0.933. The highest BCUT2D eigenvalue weighted by Gasteiger charge is 2.28. The second-order valence-corrected chi connectivity index (χ2v) is 8.60. The highest BCUT2D eigenvalue weighted by molar-refractivity contribution is 5.86. The summed E-state index contributed by atoms with van der Waals surface area (Å²) in [7, 11) is 0. The zero-order valence-electron chi connectivity index (χ0n) is 18.6. The average molecular weight is 427 g/mol. The van der Waals surface area contributed by atoms with Gasteiger partial charge in [0.2, 0.25) is 6.73 Å². The van der Waals surface area contributed by atoms with Crippen LogP contribution in [0.15, 0.2) is 82.0 Å². The fourth-order valence-corrected chi connectivity index (χ4v) is 4.91. The first-order valence-corrected chi connectivity index (χ1v) is 11.3. The van der Waals surface area contributed by atoms with Gasteiger partial charge in [0.1, 0.15) is 17.9 Å². The van der Waals surface area contributed by atoms with Crippen molar-refractivity contribution >= 4 is 11.0 Å². The van der Waals surface area contributed by atoms with E-state index in [9.17, 15) is 4.79 Å². The van der Waals surface area contributed by atoms with Crippen LogP contribution in [-0.4, -0.2) is 13.3 Å². The standard InChI is InChI=1S/C28H27NO3/c1-3-20-15-26(30)32-28-19(2)27-23(14-24(20)28)16-29(18-31-27)17-25(21-10-6-4-7-11-21)22-12-8-5-9-13-22/h4-15,25H,3,16-18H2,1-2H3/p+1. The minimum Gasteiger partial charge on any atom is -0.444 e. The molecule has 0 radical (unpaired) electrons. The molecule has 0 saturated carbocycles. The molecule has 0 aliphatic carbocycles. The van der Waals surface area contributed by atoms with Crippen molar-refractivity contribution in [3.8, 4) is 5.75 Å². The van der Waals surface area contributed by atoms with Gasteiger partial charge in [-0.25, -0.2) is 4.79 Å². The van der Waals surface area contributed by atoms with Gasteiger partial charge in [0.25, 0.3) is 0 Å². The fourth-order valence-electron chi connectivity index (χ4n) is 4.91. The zero-order valence-corrected chi connectivity index (χ0v) is 18.6. The summed E-state index contributed by atoms with van der Waals surface area (Å²) >= 11 is 0. The van der Waals surface area contributed by atoms with Crippen LogP contribution in [0.4, 0.5) is 0 Å². The Morgan fingerprint density at radius 3 is 2.25 bits per heavy atom. The Hall–Kier alpha value is -3.37. The summed E-state index contributed by atoms with van der Waals surface area (Å²) in [5.74, 6) is 1.16. The molecule has 1 atom stereocenters. The van der Waals surface area contributed by atoms with E-state index in [2.05, 4.69) is 73.7 Å². The van der Waals surface area contributed by atoms with Crippen molar-refractivity contribution in [3.63, 3.8) is 0 Å². The van der Waals surface area contributed by atoms with Crippen molar-refractivity contribution in [3.05, 3.63) is 111 Å². The molecule has 162 valence electrons. The lowest BCUT2D eigenvalue weighted by Crippen LogP contribution is -3.12. The molecular formula is C28H28NO3+. The van der Waals surface area contributed by atoms with E-state index >= 15 is 0 Å². The highest BCUT2D eigenvalue weighted by atomic mass is 16.5. The smallest absolute Gasteiger partial charge is 0.336 e. The molecule has 3 aromatic carbocycles. The van der Waals surface area contributed by atoms with Gasteiger partial charge in [0, 0.05) is 22.6 Å². The molecule has 0 amide bonds. The van der Waals surface area contributed by atoms with Crippen molar-refractivity contribution in [1.82, 2.24) is 0 Å². The number of benzene rings is 3. The van der Waals surface area contributed by atoms with Crippen molar-refractivity contribution in [2.24, 2.45) is 0 Å². The maximum atomic E-state index is 12.0. The lowest BCUT2D eigenvalue weighted by atomic mass is 9.90. The molecule has 5 rings (SSSR count). The Labute approximate surface area is 188 Å². The van der Waals surface area contributed by atoms with Crippen LogP contribution in [0.5, 0.6) is 5.75 Å². The molecule has 1 N–H and O–H groups in total. The molecule has 1 aliphatic heterocycles. The van der Waals surface area contributed by atoms with Crippen molar-refractivity contribution in [2.45, 2.75) is 32.7 Å². The minimum absolute atomic E-state index is 0.295. The Kier molecular flexibility index (Phi) is 5.54. The summed E-state index contributed by atoms with van der Waals surface area (Å²) in [5, 5.41) is 1.02. The van der Waals surface area contributed by atoms with E-state index in [0.717, 1.165) is 41.8 Å². The van der Waals surface area contributed by atoms with Crippen molar-refractivity contribution < 1.29 is 14.1 Å². The van der Waals surface area contributed by atoms with E-state index in [-0.39, 0.29) is 5.63 Å². The summed E-state index contributed by atoms with van der Waals surface area (Å²) in [6.45, 7) is 6.47. The number of hydrogen-bond donors (Lipinski definition) is 1. The van der Waals surface area contributed by atoms with E-state index in [4.69, 9.17) is 9.15 Å². The molecule has 0 spiro atoms. The largest absolute Gasteiger partial charge is 0.444 e. The third-order valence-electron chi connectivity index (χ3n) is 6.52. The Morgan fingerprint density at radius 1 is 0.969 bits per heavy atom. The SMILES string of the molecule is CCc1cc(=O)oc2c(C)c3c(cc12)C[NH+](CC(c1ccccc1)c1ccccc1)CO3. The average Bonchev–Trinajstić information content (AvgIpc) is 2.84. The third kappa shape index (κ3) is 3.82. The van der Waals surface area contributed by atoms with Gasteiger partial charge in [-0.1, -0.05) is 67.6 Å². The molecule has 32 heavy (non-hydrogen) atoms. The first-order chi connectivity index (χ1) is 15.6. The Balaban J connectivity index is 1.50. The summed E-state index contributed by atoms with van der Waals surface area (Å²) in [4.78, 5) is 13.4. The van der Waals surface area contributed by atoms with Crippen LogP contribution in [0.3, 0.4) is 0 Å². The second-order valence-electron chi connectivity index (χ2n) is 8.60.